The number of aryl methyl sites for hydroxylation is 1. The third-order valence-electron chi connectivity index (χ3n) is 3.23. The van der Waals surface area contributed by atoms with Crippen molar-refractivity contribution in [2.75, 3.05) is 23.8 Å². The molecule has 0 atom stereocenters. The van der Waals surface area contributed by atoms with Crippen LogP contribution in [0.5, 0.6) is 0 Å². The SMILES string of the molecule is Cc1ccc(Cl)cc1C(=O)N(CCO)c1ccccc1N. The maximum atomic E-state index is 12.8. The summed E-state index contributed by atoms with van der Waals surface area (Å²) in [6, 6.07) is 12.2. The molecule has 3 N–H and O–H groups in total. The highest BCUT2D eigenvalue weighted by Gasteiger charge is 2.20. The molecule has 21 heavy (non-hydrogen) atoms. The minimum Gasteiger partial charge on any atom is -0.397 e. The molecule has 2 rings (SSSR count). The fraction of sp³-hybridized carbons (Fsp3) is 0.188. The van der Waals surface area contributed by atoms with Gasteiger partial charge in [0.25, 0.3) is 5.91 Å². The van der Waals surface area contributed by atoms with E-state index in [1.54, 1.807) is 42.5 Å². The number of benzene rings is 2. The summed E-state index contributed by atoms with van der Waals surface area (Å²) in [5.41, 5.74) is 8.32. The number of amides is 1. The first-order valence-corrected chi connectivity index (χ1v) is 6.95. The van der Waals surface area contributed by atoms with E-state index in [0.29, 0.717) is 22.0 Å². The van der Waals surface area contributed by atoms with Crippen molar-refractivity contribution in [1.82, 2.24) is 0 Å². The predicted octanol–water partition coefficient (Wildman–Crippen LogP) is 2.87. The summed E-state index contributed by atoms with van der Waals surface area (Å²) >= 11 is 5.98. The molecule has 0 aliphatic rings. The van der Waals surface area contributed by atoms with Gasteiger partial charge in [0.2, 0.25) is 0 Å². The Morgan fingerprint density at radius 3 is 2.67 bits per heavy atom. The van der Waals surface area contributed by atoms with Gasteiger partial charge in [0.1, 0.15) is 0 Å². The number of carbonyl (C=O) groups excluding carboxylic acids is 1. The molecule has 0 spiro atoms. The summed E-state index contributed by atoms with van der Waals surface area (Å²) in [6.45, 7) is 1.85. The average Bonchev–Trinajstić information content (AvgIpc) is 2.47. The van der Waals surface area contributed by atoms with Gasteiger partial charge in [-0.2, -0.15) is 0 Å². The second-order valence-corrected chi connectivity index (χ2v) is 5.13. The Bertz CT molecular complexity index is 658. The average molecular weight is 305 g/mol. The molecule has 4 nitrogen and oxygen atoms in total. The molecule has 0 saturated heterocycles. The molecule has 0 unspecified atom stereocenters. The molecule has 0 aromatic heterocycles. The Labute approximate surface area is 128 Å². The monoisotopic (exact) mass is 304 g/mol. The third-order valence-corrected chi connectivity index (χ3v) is 3.46. The predicted molar refractivity (Wildman–Crippen MR) is 85.8 cm³/mol. The lowest BCUT2D eigenvalue weighted by molar-refractivity contribution is 0.0980. The molecular formula is C16H17ClN2O2. The zero-order valence-electron chi connectivity index (χ0n) is 11.7. The quantitative estimate of drug-likeness (QED) is 0.854. The van der Waals surface area contributed by atoms with Crippen molar-refractivity contribution in [3.05, 3.63) is 58.6 Å². The van der Waals surface area contributed by atoms with Gasteiger partial charge in [0.05, 0.1) is 18.0 Å². The number of halogens is 1. The number of nitrogen functional groups attached to an aromatic ring is 1. The lowest BCUT2D eigenvalue weighted by Crippen LogP contribution is -2.34. The summed E-state index contributed by atoms with van der Waals surface area (Å²) in [5, 5.41) is 9.74. The minimum absolute atomic E-state index is 0.153. The van der Waals surface area contributed by atoms with Crippen LogP contribution in [0.3, 0.4) is 0 Å². The fourth-order valence-corrected chi connectivity index (χ4v) is 2.31. The number of hydrogen-bond acceptors (Lipinski definition) is 3. The van der Waals surface area contributed by atoms with Crippen LogP contribution < -0.4 is 10.6 Å². The molecule has 2 aromatic carbocycles. The van der Waals surface area contributed by atoms with Gasteiger partial charge < -0.3 is 15.7 Å². The zero-order valence-corrected chi connectivity index (χ0v) is 12.5. The van der Waals surface area contributed by atoms with Gasteiger partial charge in [-0.3, -0.25) is 4.79 Å². The van der Waals surface area contributed by atoms with E-state index in [4.69, 9.17) is 17.3 Å². The fourth-order valence-electron chi connectivity index (χ4n) is 2.13. The number of anilines is 2. The molecule has 0 bridgehead atoms. The minimum atomic E-state index is -0.234. The topological polar surface area (TPSA) is 66.6 Å². The highest BCUT2D eigenvalue weighted by molar-refractivity contribution is 6.31. The van der Waals surface area contributed by atoms with Gasteiger partial charge in [-0.25, -0.2) is 0 Å². The van der Waals surface area contributed by atoms with E-state index in [1.807, 2.05) is 6.92 Å². The first-order chi connectivity index (χ1) is 10.0. The van der Waals surface area contributed by atoms with Gasteiger partial charge in [-0.1, -0.05) is 29.8 Å². The molecule has 0 saturated carbocycles. The van der Waals surface area contributed by atoms with Crippen LogP contribution >= 0.6 is 11.6 Å². The van der Waals surface area contributed by atoms with E-state index in [9.17, 15) is 9.90 Å². The molecule has 0 aliphatic heterocycles. The molecule has 0 aliphatic carbocycles. The number of para-hydroxylation sites is 2. The molecule has 110 valence electrons. The Hall–Kier alpha value is -2.04. The van der Waals surface area contributed by atoms with Crippen molar-refractivity contribution < 1.29 is 9.90 Å². The maximum Gasteiger partial charge on any atom is 0.258 e. The van der Waals surface area contributed by atoms with Crippen LogP contribution in [-0.2, 0) is 0 Å². The molecular weight excluding hydrogens is 288 g/mol. The standard InChI is InChI=1S/C16H17ClN2O2/c1-11-6-7-12(17)10-13(11)16(21)19(8-9-20)15-5-3-2-4-14(15)18/h2-7,10,20H,8-9,18H2,1H3. The van der Waals surface area contributed by atoms with Crippen LogP contribution in [0, 0.1) is 6.92 Å². The van der Waals surface area contributed by atoms with Gasteiger partial charge in [-0.05, 0) is 36.8 Å². The van der Waals surface area contributed by atoms with E-state index in [-0.39, 0.29) is 19.1 Å². The second kappa shape index (κ2) is 6.61. The first-order valence-electron chi connectivity index (χ1n) is 6.58. The Morgan fingerprint density at radius 1 is 1.29 bits per heavy atom. The van der Waals surface area contributed by atoms with Crippen LogP contribution in [-0.4, -0.2) is 24.2 Å². The molecule has 1 amide bonds. The van der Waals surface area contributed by atoms with Crippen LogP contribution in [0.25, 0.3) is 0 Å². The van der Waals surface area contributed by atoms with Gasteiger partial charge in [0.15, 0.2) is 0 Å². The first kappa shape index (κ1) is 15.4. The summed E-state index contributed by atoms with van der Waals surface area (Å²) in [7, 11) is 0. The Kier molecular flexibility index (Phi) is 4.83. The van der Waals surface area contributed by atoms with Gasteiger partial charge in [-0.15, -0.1) is 0 Å². The lowest BCUT2D eigenvalue weighted by atomic mass is 10.1. The van der Waals surface area contributed by atoms with E-state index in [2.05, 4.69) is 0 Å². The van der Waals surface area contributed by atoms with E-state index >= 15 is 0 Å². The number of carbonyl (C=O) groups is 1. The highest BCUT2D eigenvalue weighted by atomic mass is 35.5. The normalized spacial score (nSPS) is 10.4. The van der Waals surface area contributed by atoms with Crippen LogP contribution in [0.1, 0.15) is 15.9 Å². The zero-order chi connectivity index (χ0) is 15.4. The molecule has 0 heterocycles. The Morgan fingerprint density at radius 2 is 2.00 bits per heavy atom. The number of hydrogen-bond donors (Lipinski definition) is 2. The van der Waals surface area contributed by atoms with E-state index in [1.165, 1.54) is 4.90 Å². The van der Waals surface area contributed by atoms with Crippen molar-refractivity contribution in [3.63, 3.8) is 0 Å². The number of aliphatic hydroxyl groups is 1. The summed E-state index contributed by atoms with van der Waals surface area (Å²) < 4.78 is 0. The van der Waals surface area contributed by atoms with Crippen LogP contribution in [0.4, 0.5) is 11.4 Å². The maximum absolute atomic E-state index is 12.8. The number of nitrogens with two attached hydrogens (primary N) is 1. The number of rotatable bonds is 4. The Balaban J connectivity index is 2.45. The van der Waals surface area contributed by atoms with Gasteiger partial charge >= 0.3 is 0 Å². The van der Waals surface area contributed by atoms with E-state index in [0.717, 1.165) is 5.56 Å². The number of aliphatic hydroxyl groups excluding tert-OH is 1. The van der Waals surface area contributed by atoms with Crippen molar-refractivity contribution in [2.24, 2.45) is 0 Å². The van der Waals surface area contributed by atoms with Crippen LogP contribution in [0.15, 0.2) is 42.5 Å². The summed E-state index contributed by atoms with van der Waals surface area (Å²) in [5.74, 6) is -0.234. The summed E-state index contributed by atoms with van der Waals surface area (Å²) in [4.78, 5) is 14.2. The summed E-state index contributed by atoms with van der Waals surface area (Å²) in [6.07, 6.45) is 0. The number of nitrogens with zero attached hydrogens (tertiary/aromatic N) is 1. The molecule has 2 aromatic rings. The van der Waals surface area contributed by atoms with Crippen LogP contribution in [0.2, 0.25) is 5.02 Å². The smallest absolute Gasteiger partial charge is 0.258 e. The van der Waals surface area contributed by atoms with Gasteiger partial charge in [0, 0.05) is 17.1 Å². The lowest BCUT2D eigenvalue weighted by Gasteiger charge is -2.24. The third kappa shape index (κ3) is 3.35. The highest BCUT2D eigenvalue weighted by Crippen LogP contribution is 2.26. The second-order valence-electron chi connectivity index (χ2n) is 4.70. The molecule has 0 radical (unpaired) electrons. The van der Waals surface area contributed by atoms with Crippen molar-refractivity contribution in [1.29, 1.82) is 0 Å². The molecule has 5 heteroatoms. The van der Waals surface area contributed by atoms with Crippen molar-refractivity contribution >= 4 is 28.9 Å². The molecule has 0 fully saturated rings. The van der Waals surface area contributed by atoms with Crippen molar-refractivity contribution in [2.45, 2.75) is 6.92 Å². The van der Waals surface area contributed by atoms with E-state index < -0.39 is 0 Å². The van der Waals surface area contributed by atoms with Crippen molar-refractivity contribution in [3.8, 4) is 0 Å². The largest absolute Gasteiger partial charge is 0.397 e.